The van der Waals surface area contributed by atoms with E-state index in [1.54, 1.807) is 0 Å². The van der Waals surface area contributed by atoms with Crippen molar-refractivity contribution in [2.24, 2.45) is 0 Å². The number of unbranched alkanes of at least 4 members (excludes halogenated alkanes) is 7. The molecule has 0 rings (SSSR count). The molecule has 0 saturated carbocycles. The summed E-state index contributed by atoms with van der Waals surface area (Å²) in [5, 5.41) is 20.9. The van der Waals surface area contributed by atoms with Crippen LogP contribution in [0, 0.1) is 0 Å². The van der Waals surface area contributed by atoms with Gasteiger partial charge in [-0.05, 0) is 25.7 Å². The molecule has 0 aliphatic carbocycles. The van der Waals surface area contributed by atoms with Crippen LogP contribution in [0.1, 0.15) is 71.1 Å². The van der Waals surface area contributed by atoms with Crippen molar-refractivity contribution in [3.63, 3.8) is 0 Å². The lowest BCUT2D eigenvalue weighted by atomic mass is 10.1. The molecule has 32 heavy (non-hydrogen) atoms. The number of aliphatic carboxylic acids is 1. The lowest BCUT2D eigenvalue weighted by molar-refractivity contribution is -0.870. The highest BCUT2D eigenvalue weighted by Crippen LogP contribution is 2.09. The molecule has 188 valence electrons. The predicted octanol–water partition coefficient (Wildman–Crippen LogP) is 2.18. The normalized spacial score (nSPS) is 13.9. The van der Waals surface area contributed by atoms with Crippen LogP contribution in [0.15, 0.2) is 12.2 Å². The Hall–Kier alpha value is -1.48. The van der Waals surface area contributed by atoms with Gasteiger partial charge in [0.25, 0.3) is 0 Å². The summed E-state index contributed by atoms with van der Waals surface area (Å²) >= 11 is 0. The van der Waals surface area contributed by atoms with Gasteiger partial charge in [-0.2, -0.15) is 0 Å². The predicted molar refractivity (Wildman–Crippen MR) is 122 cm³/mol. The SMILES string of the molecule is CCCC/C=C\CCCCCCCC(=O)OCC(O)COC(OCC[N+](C)(C)C)C(=O)[O-]. The van der Waals surface area contributed by atoms with Crippen molar-refractivity contribution in [1.29, 1.82) is 0 Å². The molecule has 0 aliphatic heterocycles. The van der Waals surface area contributed by atoms with Gasteiger partial charge in [0, 0.05) is 6.42 Å². The highest BCUT2D eigenvalue weighted by Gasteiger charge is 2.17. The highest BCUT2D eigenvalue weighted by atomic mass is 16.7. The molecule has 2 unspecified atom stereocenters. The molecule has 8 heteroatoms. The number of carboxylic acids is 1. The highest BCUT2D eigenvalue weighted by molar-refractivity contribution is 5.69. The number of carbonyl (C=O) groups excluding carboxylic acids is 2. The zero-order valence-corrected chi connectivity index (χ0v) is 20.6. The van der Waals surface area contributed by atoms with Gasteiger partial charge in [0.1, 0.15) is 19.3 Å². The number of nitrogens with zero attached hydrogens (tertiary/aromatic N) is 1. The number of hydrogen-bond acceptors (Lipinski definition) is 7. The summed E-state index contributed by atoms with van der Waals surface area (Å²) in [5.74, 6) is -1.89. The minimum Gasteiger partial charge on any atom is -0.545 e. The van der Waals surface area contributed by atoms with Gasteiger partial charge in [-0.25, -0.2) is 0 Å². The van der Waals surface area contributed by atoms with E-state index in [9.17, 15) is 19.8 Å². The van der Waals surface area contributed by atoms with Crippen LogP contribution in [0.5, 0.6) is 0 Å². The first kappa shape index (κ1) is 30.5. The molecule has 0 amide bonds. The molecule has 0 aromatic rings. The molecule has 0 radical (unpaired) electrons. The maximum absolute atomic E-state index is 11.8. The lowest BCUT2D eigenvalue weighted by Gasteiger charge is -2.26. The van der Waals surface area contributed by atoms with E-state index in [0.29, 0.717) is 17.4 Å². The van der Waals surface area contributed by atoms with Gasteiger partial charge in [0.05, 0.1) is 40.3 Å². The summed E-state index contributed by atoms with van der Waals surface area (Å²) in [7, 11) is 5.85. The molecule has 0 spiro atoms. The van der Waals surface area contributed by atoms with Crippen LogP contribution in [0.4, 0.5) is 0 Å². The fourth-order valence-electron chi connectivity index (χ4n) is 2.75. The monoisotopic (exact) mass is 459 g/mol. The van der Waals surface area contributed by atoms with E-state index in [-0.39, 0.29) is 25.8 Å². The van der Waals surface area contributed by atoms with Gasteiger partial charge >= 0.3 is 5.97 Å². The maximum atomic E-state index is 11.8. The van der Waals surface area contributed by atoms with Crippen molar-refractivity contribution in [3.05, 3.63) is 12.2 Å². The molecule has 0 aromatic heterocycles. The molecular formula is C24H45NO7. The fraction of sp³-hybridized carbons (Fsp3) is 0.833. The quantitative estimate of drug-likeness (QED) is 0.0922. The van der Waals surface area contributed by atoms with Gasteiger partial charge in [-0.3, -0.25) is 4.79 Å². The first-order valence-electron chi connectivity index (χ1n) is 11.9. The number of esters is 1. The Labute approximate surface area is 194 Å². The fourth-order valence-corrected chi connectivity index (χ4v) is 2.75. The molecule has 1 N–H and O–H groups in total. The topological polar surface area (TPSA) is 105 Å². The van der Waals surface area contributed by atoms with Gasteiger partial charge in [-0.15, -0.1) is 0 Å². The second-order valence-corrected chi connectivity index (χ2v) is 9.13. The zero-order chi connectivity index (χ0) is 24.2. The van der Waals surface area contributed by atoms with Crippen molar-refractivity contribution >= 4 is 11.9 Å². The van der Waals surface area contributed by atoms with Crippen LogP contribution in [0.2, 0.25) is 0 Å². The van der Waals surface area contributed by atoms with Crippen LogP contribution >= 0.6 is 0 Å². The summed E-state index contributed by atoms with van der Waals surface area (Å²) in [6.45, 7) is 2.37. The average Bonchev–Trinajstić information content (AvgIpc) is 2.71. The molecule has 0 fully saturated rings. The third-order valence-electron chi connectivity index (χ3n) is 4.74. The molecule has 0 aliphatic rings. The Bertz CT molecular complexity index is 517. The molecule has 0 saturated heterocycles. The number of hydrogen-bond donors (Lipinski definition) is 1. The summed E-state index contributed by atoms with van der Waals surface area (Å²) in [4.78, 5) is 22.9. The summed E-state index contributed by atoms with van der Waals surface area (Å²) < 4.78 is 15.8. The first-order chi connectivity index (χ1) is 15.2. The number of quaternary nitrogens is 1. The van der Waals surface area contributed by atoms with Gasteiger partial charge in [0.2, 0.25) is 0 Å². The standard InChI is InChI=1S/C24H45NO7/c1-5-6-7-8-9-10-11-12-13-14-15-16-22(27)31-19-21(26)20-32-24(23(28)29)30-18-17-25(2,3)4/h8-9,21,24,26H,5-7,10-20H2,1-4H3/b9-8-. The number of likely N-dealkylation sites (N-methyl/N-ethyl adjacent to an activating group) is 1. The van der Waals surface area contributed by atoms with Crippen LogP contribution in [0.3, 0.4) is 0 Å². The summed E-state index contributed by atoms with van der Waals surface area (Å²) in [5.41, 5.74) is 0. The Morgan fingerprint density at radius 3 is 2.19 bits per heavy atom. The number of allylic oxidation sites excluding steroid dienone is 2. The molecule has 0 aromatic carbocycles. The van der Waals surface area contributed by atoms with Crippen LogP contribution in [-0.4, -0.2) is 81.4 Å². The van der Waals surface area contributed by atoms with Crippen molar-refractivity contribution in [2.75, 3.05) is 47.5 Å². The van der Waals surface area contributed by atoms with E-state index in [1.165, 1.54) is 25.7 Å². The Morgan fingerprint density at radius 1 is 0.938 bits per heavy atom. The van der Waals surface area contributed by atoms with Crippen molar-refractivity contribution in [2.45, 2.75) is 83.5 Å². The van der Waals surface area contributed by atoms with Gasteiger partial charge in [-0.1, -0.05) is 51.2 Å². The van der Waals surface area contributed by atoms with E-state index in [4.69, 9.17) is 14.2 Å². The largest absolute Gasteiger partial charge is 0.545 e. The van der Waals surface area contributed by atoms with E-state index in [0.717, 1.165) is 32.1 Å². The molecular weight excluding hydrogens is 414 g/mol. The van der Waals surface area contributed by atoms with Crippen LogP contribution < -0.4 is 5.11 Å². The van der Waals surface area contributed by atoms with E-state index >= 15 is 0 Å². The van der Waals surface area contributed by atoms with Crippen molar-refractivity contribution in [3.8, 4) is 0 Å². The summed E-state index contributed by atoms with van der Waals surface area (Å²) in [6.07, 6.45) is 12.0. The van der Waals surface area contributed by atoms with Crippen LogP contribution in [0.25, 0.3) is 0 Å². The summed E-state index contributed by atoms with van der Waals surface area (Å²) in [6, 6.07) is 0. The smallest absolute Gasteiger partial charge is 0.305 e. The second-order valence-electron chi connectivity index (χ2n) is 9.13. The molecule has 2 atom stereocenters. The van der Waals surface area contributed by atoms with Gasteiger partial charge < -0.3 is 33.7 Å². The first-order valence-corrected chi connectivity index (χ1v) is 11.9. The molecule has 8 nitrogen and oxygen atoms in total. The minimum absolute atomic E-state index is 0.170. The van der Waals surface area contributed by atoms with Crippen molar-refractivity contribution in [1.82, 2.24) is 0 Å². The minimum atomic E-state index is -1.57. The van der Waals surface area contributed by atoms with E-state index < -0.39 is 18.4 Å². The van der Waals surface area contributed by atoms with Gasteiger partial charge in [0.15, 0.2) is 6.29 Å². The van der Waals surface area contributed by atoms with Crippen LogP contribution in [-0.2, 0) is 23.8 Å². The van der Waals surface area contributed by atoms with Crippen molar-refractivity contribution < 1.29 is 38.5 Å². The number of ether oxygens (including phenoxy) is 3. The Balaban J connectivity index is 3.77. The van der Waals surface area contributed by atoms with E-state index in [2.05, 4.69) is 19.1 Å². The third kappa shape index (κ3) is 20.4. The maximum Gasteiger partial charge on any atom is 0.305 e. The molecule has 0 bridgehead atoms. The number of rotatable bonds is 21. The average molecular weight is 460 g/mol. The lowest BCUT2D eigenvalue weighted by Crippen LogP contribution is -2.44. The molecule has 0 heterocycles. The Morgan fingerprint density at radius 2 is 1.56 bits per heavy atom. The number of carboxylic acid groups (broad SMARTS) is 1. The number of aliphatic hydroxyl groups excluding tert-OH is 1. The van der Waals surface area contributed by atoms with E-state index in [1.807, 2.05) is 21.1 Å². The third-order valence-corrected chi connectivity index (χ3v) is 4.74. The second kappa shape index (κ2) is 19.0. The Kier molecular flexibility index (Phi) is 18.2. The number of carbonyl (C=O) groups is 2. The zero-order valence-electron chi connectivity index (χ0n) is 20.6. The number of aliphatic hydroxyl groups is 1.